The number of alkyl carbamates (subject to hydrolysis) is 1. The first kappa shape index (κ1) is 18.6. The van der Waals surface area contributed by atoms with Crippen LogP contribution in [0.1, 0.15) is 12.0 Å². The van der Waals surface area contributed by atoms with Gasteiger partial charge in [-0.05, 0) is 6.42 Å². The molecule has 1 N–H and O–H groups in total. The Labute approximate surface area is 134 Å². The predicted molar refractivity (Wildman–Crippen MR) is 84.8 cm³/mol. The topological polar surface area (TPSA) is 125 Å². The van der Waals surface area contributed by atoms with E-state index in [9.17, 15) is 25.0 Å². The molecule has 1 aromatic rings. The fraction of sp³-hybridized carbons (Fsp3) is 0.462. The van der Waals surface area contributed by atoms with Crippen LogP contribution in [0, 0.1) is 20.2 Å². The Hall–Kier alpha value is -2.49. The highest BCUT2D eigenvalue weighted by molar-refractivity contribution is 6.55. The standard InChI is InChI=1S/C13H18N3O6Si/c1-23(2)5-3-4-14-13(17)22-9-10-6-11(15(18)19)8-12(7-10)16(20)21/h6-8H,3-5,9H2,1-2H3,(H,14,17). The van der Waals surface area contributed by atoms with Crippen molar-refractivity contribution in [3.05, 3.63) is 44.0 Å². The SMILES string of the molecule is C[Si](C)CCCNC(=O)OCc1cc([N+](=O)[O-])cc([N+](=O)[O-])c1. The van der Waals surface area contributed by atoms with Gasteiger partial charge in [-0.2, -0.15) is 0 Å². The molecule has 10 heteroatoms. The second kappa shape index (κ2) is 8.83. The number of rotatable bonds is 8. The summed E-state index contributed by atoms with van der Waals surface area (Å²) in [6, 6.07) is 4.21. The maximum atomic E-state index is 11.5. The first-order valence-electron chi connectivity index (χ1n) is 6.92. The van der Waals surface area contributed by atoms with Crippen molar-refractivity contribution < 1.29 is 19.4 Å². The fourth-order valence-corrected chi connectivity index (χ4v) is 2.67. The second-order valence-electron chi connectivity index (χ2n) is 5.19. The van der Waals surface area contributed by atoms with Crippen molar-refractivity contribution in [1.82, 2.24) is 5.32 Å². The molecule has 0 fully saturated rings. The molecule has 0 bridgehead atoms. The first-order chi connectivity index (χ1) is 10.8. The molecule has 9 nitrogen and oxygen atoms in total. The van der Waals surface area contributed by atoms with Crippen molar-refractivity contribution in [2.45, 2.75) is 32.2 Å². The van der Waals surface area contributed by atoms with E-state index in [4.69, 9.17) is 4.74 Å². The molecule has 125 valence electrons. The monoisotopic (exact) mass is 340 g/mol. The second-order valence-corrected chi connectivity index (χ2v) is 8.10. The smallest absolute Gasteiger partial charge is 0.407 e. The molecule has 0 heterocycles. The molecule has 0 saturated carbocycles. The molecule has 1 rings (SSSR count). The van der Waals surface area contributed by atoms with Crippen LogP contribution in [0.2, 0.25) is 19.1 Å². The zero-order valence-electron chi connectivity index (χ0n) is 12.9. The molecule has 0 spiro atoms. The average Bonchev–Trinajstić information content (AvgIpc) is 2.49. The summed E-state index contributed by atoms with van der Waals surface area (Å²) in [5, 5.41) is 24.1. The number of ether oxygens (including phenoxy) is 1. The van der Waals surface area contributed by atoms with Gasteiger partial charge >= 0.3 is 6.09 Å². The van der Waals surface area contributed by atoms with E-state index in [1.807, 2.05) is 0 Å². The molecule has 0 aliphatic rings. The van der Waals surface area contributed by atoms with Crippen molar-refractivity contribution in [2.24, 2.45) is 0 Å². The Bertz CT molecular complexity index is 561. The number of benzene rings is 1. The quantitative estimate of drug-likeness (QED) is 0.336. The van der Waals surface area contributed by atoms with E-state index < -0.39 is 27.3 Å². The van der Waals surface area contributed by atoms with E-state index in [2.05, 4.69) is 18.4 Å². The molecule has 0 aromatic heterocycles. The Morgan fingerprint density at radius 1 is 1.17 bits per heavy atom. The van der Waals surface area contributed by atoms with E-state index >= 15 is 0 Å². The van der Waals surface area contributed by atoms with Gasteiger partial charge in [0, 0.05) is 33.0 Å². The van der Waals surface area contributed by atoms with E-state index in [-0.39, 0.29) is 21.0 Å². The number of nitro groups is 2. The van der Waals surface area contributed by atoms with Crippen molar-refractivity contribution in [2.75, 3.05) is 6.54 Å². The van der Waals surface area contributed by atoms with Crippen LogP contribution in [0.3, 0.4) is 0 Å². The molecule has 1 aromatic carbocycles. The maximum absolute atomic E-state index is 11.5. The minimum absolute atomic E-state index is 0.189. The van der Waals surface area contributed by atoms with Gasteiger partial charge in [-0.3, -0.25) is 20.2 Å². The van der Waals surface area contributed by atoms with E-state index in [0.29, 0.717) is 6.54 Å². The third-order valence-electron chi connectivity index (χ3n) is 2.88. The lowest BCUT2D eigenvalue weighted by Gasteiger charge is -2.07. The zero-order valence-corrected chi connectivity index (χ0v) is 13.9. The lowest BCUT2D eigenvalue weighted by atomic mass is 10.2. The number of nitrogens with zero attached hydrogens (tertiary/aromatic N) is 2. The molecule has 0 atom stereocenters. The Morgan fingerprint density at radius 2 is 1.74 bits per heavy atom. The number of nitro benzene ring substituents is 2. The van der Waals surface area contributed by atoms with Gasteiger partial charge in [-0.15, -0.1) is 0 Å². The highest BCUT2D eigenvalue weighted by atomic mass is 28.3. The normalized spacial score (nSPS) is 10.4. The Balaban J connectivity index is 2.58. The van der Waals surface area contributed by atoms with Crippen LogP contribution in [0.5, 0.6) is 0 Å². The average molecular weight is 340 g/mol. The van der Waals surface area contributed by atoms with E-state index in [1.54, 1.807) is 0 Å². The van der Waals surface area contributed by atoms with Crippen LogP contribution in [0.15, 0.2) is 18.2 Å². The van der Waals surface area contributed by atoms with Crippen molar-refractivity contribution in [1.29, 1.82) is 0 Å². The molecular weight excluding hydrogens is 322 g/mol. The highest BCUT2D eigenvalue weighted by Gasteiger charge is 2.17. The van der Waals surface area contributed by atoms with Gasteiger partial charge < -0.3 is 10.1 Å². The third kappa shape index (κ3) is 6.87. The zero-order chi connectivity index (χ0) is 17.4. The number of nitrogens with one attached hydrogen (secondary N) is 1. The summed E-state index contributed by atoms with van der Waals surface area (Å²) in [5.41, 5.74) is -0.647. The molecule has 0 saturated heterocycles. The summed E-state index contributed by atoms with van der Waals surface area (Å²) in [7, 11) is -0.332. The molecule has 0 aliphatic carbocycles. The van der Waals surface area contributed by atoms with Crippen molar-refractivity contribution in [3.8, 4) is 0 Å². The minimum Gasteiger partial charge on any atom is -0.445 e. The molecule has 1 amide bonds. The lowest BCUT2D eigenvalue weighted by Crippen LogP contribution is -2.25. The number of carbonyl (C=O) groups excluding carboxylic acids is 1. The van der Waals surface area contributed by atoms with E-state index in [1.165, 1.54) is 0 Å². The van der Waals surface area contributed by atoms with Crippen molar-refractivity contribution >= 4 is 26.3 Å². The number of carbonyl (C=O) groups is 1. The van der Waals surface area contributed by atoms with Crippen LogP contribution in [0.25, 0.3) is 0 Å². The van der Waals surface area contributed by atoms with Crippen LogP contribution < -0.4 is 5.32 Å². The van der Waals surface area contributed by atoms with Gasteiger partial charge in [0.25, 0.3) is 11.4 Å². The van der Waals surface area contributed by atoms with Gasteiger partial charge in [0.15, 0.2) is 0 Å². The van der Waals surface area contributed by atoms with E-state index in [0.717, 1.165) is 30.7 Å². The van der Waals surface area contributed by atoms with Gasteiger partial charge in [-0.1, -0.05) is 19.1 Å². The van der Waals surface area contributed by atoms with Gasteiger partial charge in [0.1, 0.15) is 6.61 Å². The minimum atomic E-state index is -0.731. The molecule has 23 heavy (non-hydrogen) atoms. The van der Waals surface area contributed by atoms with Crippen LogP contribution >= 0.6 is 0 Å². The number of hydrogen-bond donors (Lipinski definition) is 1. The van der Waals surface area contributed by atoms with Crippen LogP contribution in [0.4, 0.5) is 16.2 Å². The first-order valence-corrected chi connectivity index (χ1v) is 9.62. The molecule has 0 unspecified atom stereocenters. The van der Waals surface area contributed by atoms with Crippen LogP contribution in [-0.2, 0) is 11.3 Å². The number of hydrogen-bond acceptors (Lipinski definition) is 6. The fourth-order valence-electron chi connectivity index (χ4n) is 1.78. The Kier molecular flexibility index (Phi) is 7.12. The maximum Gasteiger partial charge on any atom is 0.407 e. The third-order valence-corrected chi connectivity index (χ3v) is 4.23. The Morgan fingerprint density at radius 3 is 2.22 bits per heavy atom. The summed E-state index contributed by atoms with van der Waals surface area (Å²) in [6.45, 7) is 4.57. The highest BCUT2D eigenvalue weighted by Crippen LogP contribution is 2.23. The summed E-state index contributed by atoms with van der Waals surface area (Å²) in [4.78, 5) is 31.6. The molecular formula is C13H18N3O6Si. The summed E-state index contributed by atoms with van der Waals surface area (Å²) >= 11 is 0. The van der Waals surface area contributed by atoms with Crippen molar-refractivity contribution in [3.63, 3.8) is 0 Å². The predicted octanol–water partition coefficient (Wildman–Crippen LogP) is 2.87. The number of non-ortho nitro benzene ring substituents is 2. The van der Waals surface area contributed by atoms with Gasteiger partial charge in [-0.25, -0.2) is 4.79 Å². The van der Waals surface area contributed by atoms with Crippen LogP contribution in [-0.4, -0.2) is 31.3 Å². The van der Waals surface area contributed by atoms with Gasteiger partial charge in [0.05, 0.1) is 15.9 Å². The lowest BCUT2D eigenvalue weighted by molar-refractivity contribution is -0.394. The number of amides is 1. The molecule has 1 radical (unpaired) electrons. The largest absolute Gasteiger partial charge is 0.445 e. The summed E-state index contributed by atoms with van der Waals surface area (Å²) in [5.74, 6) is 0. The van der Waals surface area contributed by atoms with Gasteiger partial charge in [0.2, 0.25) is 0 Å². The summed E-state index contributed by atoms with van der Waals surface area (Å²) < 4.78 is 4.92. The summed E-state index contributed by atoms with van der Waals surface area (Å²) in [6.07, 6.45) is 0.207. The molecule has 0 aliphatic heterocycles.